The highest BCUT2D eigenvalue weighted by atomic mass is 32.2. The maximum atomic E-state index is 14.2. The fourth-order valence-corrected chi connectivity index (χ4v) is 5.55. The number of nitrogens with one attached hydrogen (secondary N) is 1. The van der Waals surface area contributed by atoms with E-state index in [0.29, 0.717) is 5.56 Å². The number of anilines is 1. The van der Waals surface area contributed by atoms with Gasteiger partial charge in [0, 0.05) is 11.5 Å². The van der Waals surface area contributed by atoms with Crippen molar-refractivity contribution in [2.75, 3.05) is 19.0 Å². The summed E-state index contributed by atoms with van der Waals surface area (Å²) in [5.74, 6) is -2.33. The fraction of sp³-hybridized carbons (Fsp3) is 0.111. The molecule has 0 atom stereocenters. The van der Waals surface area contributed by atoms with Gasteiger partial charge in [-0.25, -0.2) is 22.0 Å². The minimum absolute atomic E-state index is 0.0239. The van der Waals surface area contributed by atoms with Gasteiger partial charge in [0.25, 0.3) is 5.56 Å². The Balaban J connectivity index is 1.63. The van der Waals surface area contributed by atoms with Crippen LogP contribution >= 0.6 is 0 Å². The van der Waals surface area contributed by atoms with Crippen molar-refractivity contribution in [1.29, 1.82) is 0 Å². The van der Waals surface area contributed by atoms with Crippen LogP contribution in [0.1, 0.15) is 11.1 Å². The monoisotopic (exact) mass is 554 g/mol. The SMILES string of the molecule is COC(=O)COc1ccc2c(c1)S(=O)(=O)C=C(c1c(O)c3cc(F)ccc3n(Cc3ccc(F)cc3)c1=O)N2. The number of rotatable bonds is 6. The Labute approximate surface area is 220 Å². The number of benzene rings is 3. The van der Waals surface area contributed by atoms with Crippen LogP contribution in [-0.4, -0.2) is 37.8 Å². The van der Waals surface area contributed by atoms with Gasteiger partial charge in [0.2, 0.25) is 9.84 Å². The first-order valence-corrected chi connectivity index (χ1v) is 13.0. The number of esters is 1. The number of sulfone groups is 1. The molecule has 0 saturated carbocycles. The van der Waals surface area contributed by atoms with Crippen LogP contribution in [0.15, 0.2) is 75.8 Å². The van der Waals surface area contributed by atoms with Crippen LogP contribution in [0, 0.1) is 11.6 Å². The van der Waals surface area contributed by atoms with Crippen molar-refractivity contribution in [3.05, 3.63) is 99.2 Å². The number of nitrogens with zero attached hydrogens (tertiary/aromatic N) is 1. The zero-order valence-corrected chi connectivity index (χ0v) is 21.1. The molecule has 12 heteroatoms. The predicted octanol–water partition coefficient (Wildman–Crippen LogP) is 3.78. The fourth-order valence-electron chi connectivity index (χ4n) is 4.23. The van der Waals surface area contributed by atoms with Gasteiger partial charge >= 0.3 is 5.97 Å². The number of ether oxygens (including phenoxy) is 2. The number of hydrogen-bond donors (Lipinski definition) is 2. The van der Waals surface area contributed by atoms with Crippen LogP contribution in [0.25, 0.3) is 16.6 Å². The molecule has 5 rings (SSSR count). The lowest BCUT2D eigenvalue weighted by Crippen LogP contribution is -2.27. The molecule has 2 heterocycles. The molecule has 9 nitrogen and oxygen atoms in total. The van der Waals surface area contributed by atoms with Crippen LogP contribution in [0.5, 0.6) is 11.5 Å². The first-order chi connectivity index (χ1) is 18.6. The quantitative estimate of drug-likeness (QED) is 0.345. The molecule has 2 N–H and O–H groups in total. The summed E-state index contributed by atoms with van der Waals surface area (Å²) in [4.78, 5) is 24.9. The lowest BCUT2D eigenvalue weighted by Gasteiger charge is -2.22. The van der Waals surface area contributed by atoms with Gasteiger partial charge < -0.3 is 24.5 Å². The molecule has 1 aliphatic heterocycles. The van der Waals surface area contributed by atoms with Crippen molar-refractivity contribution in [1.82, 2.24) is 4.57 Å². The van der Waals surface area contributed by atoms with E-state index in [1.54, 1.807) is 0 Å². The molecule has 0 fully saturated rings. The molecule has 4 aromatic rings. The highest BCUT2D eigenvalue weighted by Crippen LogP contribution is 2.38. The van der Waals surface area contributed by atoms with Crippen molar-refractivity contribution in [2.24, 2.45) is 0 Å². The Morgan fingerprint density at radius 2 is 1.74 bits per heavy atom. The Bertz CT molecular complexity index is 1830. The van der Waals surface area contributed by atoms with Gasteiger partial charge in [-0.05, 0) is 48.0 Å². The average Bonchev–Trinajstić information content (AvgIpc) is 2.90. The van der Waals surface area contributed by atoms with Crippen molar-refractivity contribution >= 4 is 38.1 Å². The van der Waals surface area contributed by atoms with E-state index in [4.69, 9.17) is 4.74 Å². The molecule has 0 amide bonds. The minimum atomic E-state index is -4.17. The maximum absolute atomic E-state index is 14.2. The van der Waals surface area contributed by atoms with Gasteiger partial charge in [-0.1, -0.05) is 12.1 Å². The van der Waals surface area contributed by atoms with E-state index in [1.165, 1.54) is 60.2 Å². The van der Waals surface area contributed by atoms with E-state index in [9.17, 15) is 31.9 Å². The third-order valence-electron chi connectivity index (χ3n) is 6.11. The van der Waals surface area contributed by atoms with Crippen molar-refractivity contribution < 1.29 is 36.6 Å². The third-order valence-corrected chi connectivity index (χ3v) is 7.61. The Kier molecular flexibility index (Phi) is 6.56. The second kappa shape index (κ2) is 9.87. The van der Waals surface area contributed by atoms with Gasteiger partial charge in [0.15, 0.2) is 6.61 Å². The number of hydrogen-bond acceptors (Lipinski definition) is 8. The van der Waals surface area contributed by atoms with Crippen LogP contribution < -0.4 is 15.6 Å². The largest absolute Gasteiger partial charge is 0.506 e. The summed E-state index contributed by atoms with van der Waals surface area (Å²) in [7, 11) is -2.99. The second-order valence-electron chi connectivity index (χ2n) is 8.63. The van der Waals surface area contributed by atoms with E-state index in [-0.39, 0.29) is 39.5 Å². The number of aromatic nitrogens is 1. The Morgan fingerprint density at radius 1 is 1.03 bits per heavy atom. The highest BCUT2D eigenvalue weighted by molar-refractivity contribution is 7.94. The van der Waals surface area contributed by atoms with E-state index < -0.39 is 50.9 Å². The number of fused-ring (bicyclic) bond motifs is 2. The van der Waals surface area contributed by atoms with Crippen molar-refractivity contribution in [3.8, 4) is 11.5 Å². The second-order valence-corrected chi connectivity index (χ2v) is 10.4. The van der Waals surface area contributed by atoms with Gasteiger partial charge in [-0.3, -0.25) is 4.79 Å². The van der Waals surface area contributed by atoms with Crippen LogP contribution in [0.3, 0.4) is 0 Å². The number of carbonyl (C=O) groups excluding carboxylic acids is 1. The van der Waals surface area contributed by atoms with E-state index in [2.05, 4.69) is 10.1 Å². The summed E-state index contributed by atoms with van der Waals surface area (Å²) in [6, 6.07) is 12.9. The molecule has 3 aromatic carbocycles. The van der Waals surface area contributed by atoms with E-state index in [0.717, 1.165) is 17.5 Å². The van der Waals surface area contributed by atoms with Crippen LogP contribution in [0.4, 0.5) is 14.5 Å². The number of halogens is 2. The van der Waals surface area contributed by atoms with Gasteiger partial charge in [0.1, 0.15) is 28.7 Å². The van der Waals surface area contributed by atoms with Crippen LogP contribution in [-0.2, 0) is 25.9 Å². The van der Waals surface area contributed by atoms with Gasteiger partial charge in [-0.2, -0.15) is 0 Å². The van der Waals surface area contributed by atoms with E-state index in [1.807, 2.05) is 0 Å². The summed E-state index contributed by atoms with van der Waals surface area (Å²) in [6.07, 6.45) is 0. The maximum Gasteiger partial charge on any atom is 0.343 e. The molecule has 0 radical (unpaired) electrons. The lowest BCUT2D eigenvalue weighted by atomic mass is 10.1. The van der Waals surface area contributed by atoms with Gasteiger partial charge in [-0.15, -0.1) is 0 Å². The first-order valence-electron chi connectivity index (χ1n) is 11.4. The molecule has 0 bridgehead atoms. The summed E-state index contributed by atoms with van der Waals surface area (Å²) in [5, 5.41) is 14.7. The summed E-state index contributed by atoms with van der Waals surface area (Å²) < 4.78 is 65.0. The minimum Gasteiger partial charge on any atom is -0.506 e. The van der Waals surface area contributed by atoms with Crippen LogP contribution in [0.2, 0.25) is 0 Å². The molecular formula is C27H20F2N2O7S. The lowest BCUT2D eigenvalue weighted by molar-refractivity contribution is -0.142. The number of methoxy groups -OCH3 is 1. The zero-order valence-electron chi connectivity index (χ0n) is 20.3. The Hall–Kier alpha value is -4.71. The highest BCUT2D eigenvalue weighted by Gasteiger charge is 2.29. The molecule has 1 aromatic heterocycles. The molecule has 0 saturated heterocycles. The molecule has 0 unspecified atom stereocenters. The van der Waals surface area contributed by atoms with E-state index >= 15 is 0 Å². The summed E-state index contributed by atoms with van der Waals surface area (Å²) in [5.41, 5.74) is -0.557. The smallest absolute Gasteiger partial charge is 0.343 e. The summed E-state index contributed by atoms with van der Waals surface area (Å²) >= 11 is 0. The number of pyridine rings is 1. The average molecular weight is 555 g/mol. The third kappa shape index (κ3) is 4.93. The zero-order chi connectivity index (χ0) is 27.9. The molecule has 0 spiro atoms. The number of carbonyl (C=O) groups is 1. The van der Waals surface area contributed by atoms with Gasteiger partial charge in [0.05, 0.1) is 40.9 Å². The molecular weight excluding hydrogens is 534 g/mol. The normalized spacial score (nSPS) is 13.8. The standard InChI is InChI=1S/C27H20F2N2O7S/c1-37-24(32)13-38-18-7-8-20-23(11-18)39(35,36)14-21(30-20)25-26(33)19-10-17(29)6-9-22(19)31(27(25)34)12-15-2-4-16(28)5-3-15/h2-11,14,30,33H,12-13H2,1H3. The molecule has 1 aliphatic rings. The molecule has 39 heavy (non-hydrogen) atoms. The summed E-state index contributed by atoms with van der Waals surface area (Å²) in [6.45, 7) is -0.495. The number of aromatic hydroxyl groups is 1. The molecule has 0 aliphatic carbocycles. The first kappa shape index (κ1) is 25.9. The topological polar surface area (TPSA) is 124 Å². The predicted molar refractivity (Wildman–Crippen MR) is 138 cm³/mol. The molecule has 200 valence electrons. The van der Waals surface area contributed by atoms with Crippen molar-refractivity contribution in [2.45, 2.75) is 11.4 Å². The van der Waals surface area contributed by atoms with Crippen molar-refractivity contribution in [3.63, 3.8) is 0 Å². The Morgan fingerprint density at radius 3 is 2.46 bits per heavy atom.